The van der Waals surface area contributed by atoms with Gasteiger partial charge in [-0.2, -0.15) is 5.10 Å². The molecule has 0 amide bonds. The minimum Gasteiger partial charge on any atom is -0.362 e. The number of hydrazone groups is 1. The molecule has 0 aliphatic heterocycles. The van der Waals surface area contributed by atoms with E-state index in [0.717, 1.165) is 12.1 Å². The van der Waals surface area contributed by atoms with Gasteiger partial charge in [0.2, 0.25) is 0 Å². The number of halogens is 1. The molecule has 1 aromatic carbocycles. The largest absolute Gasteiger partial charge is 0.362 e. The first-order chi connectivity index (χ1) is 7.22. The highest BCUT2D eigenvalue weighted by Crippen LogP contribution is 2.07. The van der Waals surface area contributed by atoms with Gasteiger partial charge >= 0.3 is 0 Å². The lowest BCUT2D eigenvalue weighted by Crippen LogP contribution is -2.31. The lowest BCUT2D eigenvalue weighted by molar-refractivity contribution is 0.904. The summed E-state index contributed by atoms with van der Waals surface area (Å²) in [6.07, 6.45) is 1.68. The zero-order chi connectivity index (χ0) is 11.1. The monoisotopic (exact) mass is 241 g/mol. The maximum atomic E-state index is 5.75. The van der Waals surface area contributed by atoms with Crippen LogP contribution < -0.4 is 10.7 Å². The first-order valence-corrected chi connectivity index (χ1v) is 5.33. The molecule has 0 spiro atoms. The molecule has 3 nitrogen and oxygen atoms in total. The summed E-state index contributed by atoms with van der Waals surface area (Å²) < 4.78 is 0. The van der Waals surface area contributed by atoms with Gasteiger partial charge < -0.3 is 5.32 Å². The second-order valence-electron chi connectivity index (χ2n) is 2.78. The fourth-order valence-corrected chi connectivity index (χ4v) is 1.24. The van der Waals surface area contributed by atoms with Gasteiger partial charge in [-0.05, 0) is 36.8 Å². The van der Waals surface area contributed by atoms with E-state index in [1.54, 1.807) is 6.21 Å². The zero-order valence-corrected chi connectivity index (χ0v) is 9.90. The number of nitrogens with one attached hydrogen (secondary N) is 2. The maximum absolute atomic E-state index is 5.75. The lowest BCUT2D eigenvalue weighted by atomic mass is 10.2. The first kappa shape index (κ1) is 11.9. The summed E-state index contributed by atoms with van der Waals surface area (Å²) in [5, 5.41) is 8.12. The van der Waals surface area contributed by atoms with Crippen molar-refractivity contribution in [1.29, 1.82) is 0 Å². The van der Waals surface area contributed by atoms with E-state index in [1.165, 1.54) is 0 Å². The predicted molar refractivity (Wildman–Crippen MR) is 68.5 cm³/mol. The molecule has 1 rings (SSSR count). The molecule has 0 unspecified atom stereocenters. The van der Waals surface area contributed by atoms with Crippen LogP contribution in [0.25, 0.3) is 0 Å². The van der Waals surface area contributed by atoms with Crippen LogP contribution in [0.4, 0.5) is 0 Å². The van der Waals surface area contributed by atoms with Gasteiger partial charge in [-0.25, -0.2) is 0 Å². The molecule has 0 aromatic heterocycles. The summed E-state index contributed by atoms with van der Waals surface area (Å²) >= 11 is 10.7. The topological polar surface area (TPSA) is 36.4 Å². The number of rotatable bonds is 3. The third-order valence-electron chi connectivity index (χ3n) is 1.59. The molecule has 15 heavy (non-hydrogen) atoms. The highest BCUT2D eigenvalue weighted by Gasteiger charge is 1.89. The van der Waals surface area contributed by atoms with E-state index in [-0.39, 0.29) is 0 Å². The Morgan fingerprint density at radius 1 is 1.47 bits per heavy atom. The molecule has 0 saturated heterocycles. The van der Waals surface area contributed by atoms with Crippen molar-refractivity contribution in [3.05, 3.63) is 34.9 Å². The van der Waals surface area contributed by atoms with Crippen LogP contribution in [0.3, 0.4) is 0 Å². The van der Waals surface area contributed by atoms with E-state index in [9.17, 15) is 0 Å². The summed E-state index contributed by atoms with van der Waals surface area (Å²) in [7, 11) is 0. The van der Waals surface area contributed by atoms with Crippen molar-refractivity contribution in [3.63, 3.8) is 0 Å². The van der Waals surface area contributed by atoms with Crippen molar-refractivity contribution >= 4 is 35.1 Å². The quantitative estimate of drug-likeness (QED) is 0.484. The number of hydrogen-bond acceptors (Lipinski definition) is 2. The molecule has 0 saturated carbocycles. The van der Waals surface area contributed by atoms with Gasteiger partial charge in [-0.3, -0.25) is 5.43 Å². The van der Waals surface area contributed by atoms with Crippen LogP contribution in [-0.2, 0) is 0 Å². The summed E-state index contributed by atoms with van der Waals surface area (Å²) in [5.41, 5.74) is 3.67. The van der Waals surface area contributed by atoms with Crippen LogP contribution in [0.15, 0.2) is 29.4 Å². The summed E-state index contributed by atoms with van der Waals surface area (Å²) in [6.45, 7) is 2.75. The Morgan fingerprint density at radius 3 is 2.73 bits per heavy atom. The van der Waals surface area contributed by atoms with Crippen molar-refractivity contribution in [3.8, 4) is 0 Å². The fourth-order valence-electron chi connectivity index (χ4n) is 0.914. The van der Waals surface area contributed by atoms with E-state index in [1.807, 2.05) is 31.2 Å². The van der Waals surface area contributed by atoms with Gasteiger partial charge in [0.25, 0.3) is 0 Å². The van der Waals surface area contributed by atoms with Gasteiger partial charge in [-0.1, -0.05) is 23.7 Å². The van der Waals surface area contributed by atoms with E-state index in [0.29, 0.717) is 10.1 Å². The second-order valence-corrected chi connectivity index (χ2v) is 3.63. The van der Waals surface area contributed by atoms with Gasteiger partial charge in [0, 0.05) is 11.6 Å². The number of hydrogen-bond donors (Lipinski definition) is 2. The number of benzene rings is 1. The molecular formula is C10H12ClN3S. The summed E-state index contributed by atoms with van der Waals surface area (Å²) in [4.78, 5) is 0. The standard InChI is InChI=1S/C10H12ClN3S/c1-2-12-10(15)14-13-7-8-3-5-9(11)6-4-8/h3-7H,2H2,1H3,(H2,12,14,15)/b13-7-. The highest BCUT2D eigenvalue weighted by atomic mass is 35.5. The van der Waals surface area contributed by atoms with Crippen LogP contribution in [0.1, 0.15) is 12.5 Å². The molecule has 0 heterocycles. The van der Waals surface area contributed by atoms with E-state index in [4.69, 9.17) is 23.8 Å². The average Bonchev–Trinajstić information content (AvgIpc) is 2.21. The van der Waals surface area contributed by atoms with Gasteiger partial charge in [-0.15, -0.1) is 0 Å². The molecule has 0 radical (unpaired) electrons. The normalized spacial score (nSPS) is 10.3. The summed E-state index contributed by atoms with van der Waals surface area (Å²) in [6, 6.07) is 7.38. The van der Waals surface area contributed by atoms with E-state index < -0.39 is 0 Å². The van der Waals surface area contributed by atoms with Crippen LogP contribution in [0.2, 0.25) is 5.02 Å². The number of thiocarbonyl (C=S) groups is 1. The molecule has 0 aliphatic carbocycles. The van der Waals surface area contributed by atoms with Crippen molar-refractivity contribution < 1.29 is 0 Å². The minimum absolute atomic E-state index is 0.516. The van der Waals surface area contributed by atoms with Crippen molar-refractivity contribution in [2.75, 3.05) is 6.54 Å². The van der Waals surface area contributed by atoms with E-state index >= 15 is 0 Å². The molecule has 5 heteroatoms. The van der Waals surface area contributed by atoms with Crippen LogP contribution >= 0.6 is 23.8 Å². The molecule has 1 aromatic rings. The highest BCUT2D eigenvalue weighted by molar-refractivity contribution is 7.80. The Labute approximate surface area is 99.5 Å². The minimum atomic E-state index is 0.516. The third-order valence-corrected chi connectivity index (χ3v) is 2.07. The Kier molecular flexibility index (Phi) is 5.07. The molecule has 2 N–H and O–H groups in total. The number of nitrogens with zero attached hydrogens (tertiary/aromatic N) is 1. The Balaban J connectivity index is 2.44. The van der Waals surface area contributed by atoms with Gasteiger partial charge in [0.05, 0.1) is 6.21 Å². The molecular weight excluding hydrogens is 230 g/mol. The van der Waals surface area contributed by atoms with Crippen molar-refractivity contribution in [2.24, 2.45) is 5.10 Å². The summed E-state index contributed by atoms with van der Waals surface area (Å²) in [5.74, 6) is 0. The second kappa shape index (κ2) is 6.37. The fraction of sp³-hybridized carbons (Fsp3) is 0.200. The Hall–Kier alpha value is -1.13. The zero-order valence-electron chi connectivity index (χ0n) is 8.33. The molecule has 0 fully saturated rings. The smallest absolute Gasteiger partial charge is 0.186 e. The Morgan fingerprint density at radius 2 is 2.13 bits per heavy atom. The predicted octanol–water partition coefficient (Wildman–Crippen LogP) is 2.16. The van der Waals surface area contributed by atoms with Gasteiger partial charge in [0.1, 0.15) is 0 Å². The maximum Gasteiger partial charge on any atom is 0.186 e. The van der Waals surface area contributed by atoms with Crippen LogP contribution in [-0.4, -0.2) is 17.9 Å². The molecule has 0 bridgehead atoms. The van der Waals surface area contributed by atoms with Crippen LogP contribution in [0.5, 0.6) is 0 Å². The average molecular weight is 242 g/mol. The SMILES string of the molecule is CCNC(=S)N/N=C\c1ccc(Cl)cc1. The molecule has 0 atom stereocenters. The lowest BCUT2D eigenvalue weighted by Gasteiger charge is -2.02. The van der Waals surface area contributed by atoms with Crippen molar-refractivity contribution in [1.82, 2.24) is 10.7 Å². The van der Waals surface area contributed by atoms with Crippen molar-refractivity contribution in [2.45, 2.75) is 6.92 Å². The molecule has 0 aliphatic rings. The third kappa shape index (κ3) is 4.76. The molecule has 80 valence electrons. The van der Waals surface area contributed by atoms with E-state index in [2.05, 4.69) is 15.8 Å². The van der Waals surface area contributed by atoms with Crippen LogP contribution in [0, 0.1) is 0 Å². The van der Waals surface area contributed by atoms with Gasteiger partial charge in [0.15, 0.2) is 5.11 Å². The Bertz CT molecular complexity index is 348. The first-order valence-electron chi connectivity index (χ1n) is 4.55.